The Balaban J connectivity index is 1.79. The van der Waals surface area contributed by atoms with E-state index in [0.717, 1.165) is 18.3 Å². The molecule has 0 amide bonds. The average molecular weight is 357 g/mol. The maximum Gasteiger partial charge on any atom is 0.0702 e. The highest BCUT2D eigenvalue weighted by Crippen LogP contribution is 2.40. The van der Waals surface area contributed by atoms with Crippen molar-refractivity contribution in [3.05, 3.63) is 20.8 Å². The summed E-state index contributed by atoms with van der Waals surface area (Å²) in [5.41, 5.74) is 6.50. The lowest BCUT2D eigenvalue weighted by atomic mass is 10.0. The van der Waals surface area contributed by atoms with Crippen LogP contribution in [0.15, 0.2) is 15.9 Å². The van der Waals surface area contributed by atoms with Crippen LogP contribution in [-0.4, -0.2) is 24.0 Å². The van der Waals surface area contributed by atoms with Gasteiger partial charge in [0, 0.05) is 24.0 Å². The summed E-state index contributed by atoms with van der Waals surface area (Å²) in [5.74, 6) is 1.87. The summed E-state index contributed by atoms with van der Waals surface area (Å²) in [7, 11) is 0. The summed E-state index contributed by atoms with van der Waals surface area (Å²) in [4.78, 5) is 4.15. The maximum absolute atomic E-state index is 6.50. The minimum atomic E-state index is 0.248. The lowest BCUT2D eigenvalue weighted by Gasteiger charge is -2.35. The van der Waals surface area contributed by atoms with Crippen LogP contribution in [-0.2, 0) is 0 Å². The quantitative estimate of drug-likeness (QED) is 0.747. The number of nitrogens with two attached hydrogens (primary N) is 1. The molecule has 1 aromatic heterocycles. The van der Waals surface area contributed by atoms with Crippen molar-refractivity contribution in [3.63, 3.8) is 0 Å². The van der Waals surface area contributed by atoms with Crippen LogP contribution in [0.1, 0.15) is 49.9 Å². The fourth-order valence-electron chi connectivity index (χ4n) is 2.94. The average Bonchev–Trinajstić information content (AvgIpc) is 3.34. The number of hydrogen-bond acceptors (Lipinski definition) is 3. The molecule has 0 aliphatic heterocycles. The van der Waals surface area contributed by atoms with Gasteiger partial charge in [0.05, 0.1) is 9.83 Å². The summed E-state index contributed by atoms with van der Waals surface area (Å²) < 4.78 is 1.22. The Labute approximate surface area is 134 Å². The predicted molar refractivity (Wildman–Crippen MR) is 90.0 cm³/mol. The van der Waals surface area contributed by atoms with Gasteiger partial charge >= 0.3 is 0 Å². The molecular weight excluding hydrogens is 332 g/mol. The van der Waals surface area contributed by atoms with Gasteiger partial charge in [0.15, 0.2) is 0 Å². The molecular formula is C16H25BrN2S. The van der Waals surface area contributed by atoms with E-state index < -0.39 is 0 Å². The Morgan fingerprint density at radius 1 is 1.25 bits per heavy atom. The van der Waals surface area contributed by atoms with Crippen molar-refractivity contribution < 1.29 is 0 Å². The van der Waals surface area contributed by atoms with Gasteiger partial charge in [-0.25, -0.2) is 0 Å². The van der Waals surface area contributed by atoms with Crippen molar-refractivity contribution in [1.29, 1.82) is 0 Å². The molecule has 0 radical (unpaired) electrons. The van der Waals surface area contributed by atoms with Gasteiger partial charge in [-0.3, -0.25) is 4.90 Å². The molecule has 1 heterocycles. The molecule has 0 aromatic carbocycles. The molecule has 0 spiro atoms. The molecule has 2 unspecified atom stereocenters. The zero-order valence-corrected chi connectivity index (χ0v) is 14.6. The first kappa shape index (κ1) is 15.0. The second-order valence-electron chi connectivity index (χ2n) is 6.50. The van der Waals surface area contributed by atoms with Gasteiger partial charge in [-0.2, -0.15) is 0 Å². The van der Waals surface area contributed by atoms with Crippen LogP contribution in [0.3, 0.4) is 0 Å². The second kappa shape index (κ2) is 6.47. The lowest BCUT2D eigenvalue weighted by molar-refractivity contribution is 0.157. The molecule has 2 N–H and O–H groups in total. The number of rotatable bonds is 8. The molecule has 112 valence electrons. The fraction of sp³-hybridized carbons (Fsp3) is 0.750. The molecule has 2 nitrogen and oxygen atoms in total. The standard InChI is InChI=1S/C16H25BrN2S/c1-2-13(18)16(14-7-8-15(17)20-14)19(9-11-3-4-11)10-12-5-6-12/h7-8,11-13,16H,2-6,9-10,18H2,1H3. The van der Waals surface area contributed by atoms with E-state index in [2.05, 4.69) is 39.9 Å². The van der Waals surface area contributed by atoms with Crippen LogP contribution in [0.2, 0.25) is 0 Å². The van der Waals surface area contributed by atoms with E-state index >= 15 is 0 Å². The summed E-state index contributed by atoms with van der Waals surface area (Å²) in [6.45, 7) is 4.72. The first-order chi connectivity index (χ1) is 9.67. The third kappa shape index (κ3) is 3.85. The first-order valence-electron chi connectivity index (χ1n) is 7.92. The van der Waals surface area contributed by atoms with Crippen molar-refractivity contribution in [2.75, 3.05) is 13.1 Å². The minimum Gasteiger partial charge on any atom is -0.326 e. The topological polar surface area (TPSA) is 29.3 Å². The van der Waals surface area contributed by atoms with Crippen LogP contribution in [0.5, 0.6) is 0 Å². The highest BCUT2D eigenvalue weighted by atomic mass is 79.9. The van der Waals surface area contributed by atoms with Gasteiger partial charge in [-0.05, 0) is 72.0 Å². The van der Waals surface area contributed by atoms with E-state index in [1.165, 1.54) is 47.4 Å². The van der Waals surface area contributed by atoms with E-state index in [9.17, 15) is 0 Å². The SMILES string of the molecule is CCC(N)C(c1ccc(Br)s1)N(CC1CC1)CC1CC1. The molecule has 0 saturated heterocycles. The molecule has 0 bridgehead atoms. The Morgan fingerprint density at radius 2 is 1.85 bits per heavy atom. The molecule has 2 aliphatic carbocycles. The first-order valence-corrected chi connectivity index (χ1v) is 9.53. The highest BCUT2D eigenvalue weighted by molar-refractivity contribution is 9.11. The Kier molecular flexibility index (Phi) is 4.86. The Morgan fingerprint density at radius 3 is 2.25 bits per heavy atom. The molecule has 1 aromatic rings. The number of nitrogens with zero attached hydrogens (tertiary/aromatic N) is 1. The Bertz CT molecular complexity index is 425. The molecule has 2 aliphatic rings. The fourth-order valence-corrected chi connectivity index (χ4v) is 4.57. The monoisotopic (exact) mass is 356 g/mol. The summed E-state index contributed by atoms with van der Waals surface area (Å²) >= 11 is 5.46. The highest BCUT2D eigenvalue weighted by Gasteiger charge is 2.35. The van der Waals surface area contributed by atoms with Gasteiger partial charge in [-0.15, -0.1) is 11.3 Å². The van der Waals surface area contributed by atoms with Gasteiger partial charge in [0.2, 0.25) is 0 Å². The normalized spacial score (nSPS) is 22.2. The van der Waals surface area contributed by atoms with Gasteiger partial charge in [-0.1, -0.05) is 6.92 Å². The van der Waals surface area contributed by atoms with Crippen molar-refractivity contribution in [1.82, 2.24) is 4.90 Å². The van der Waals surface area contributed by atoms with E-state index in [0.29, 0.717) is 6.04 Å². The molecule has 4 heteroatoms. The number of hydrogen-bond donors (Lipinski definition) is 1. The summed E-state index contributed by atoms with van der Waals surface area (Å²) in [6, 6.07) is 5.10. The third-order valence-corrected chi connectivity index (χ3v) is 6.23. The van der Waals surface area contributed by atoms with E-state index in [-0.39, 0.29) is 6.04 Å². The second-order valence-corrected chi connectivity index (χ2v) is 8.99. The summed E-state index contributed by atoms with van der Waals surface area (Å²) in [6.07, 6.45) is 6.73. The van der Waals surface area contributed by atoms with Crippen LogP contribution >= 0.6 is 27.3 Å². The molecule has 3 rings (SSSR count). The van der Waals surface area contributed by atoms with Crippen LogP contribution in [0, 0.1) is 11.8 Å². The third-order valence-electron chi connectivity index (χ3n) is 4.54. The predicted octanol–water partition coefficient (Wildman–Crippen LogP) is 4.41. The smallest absolute Gasteiger partial charge is 0.0702 e. The Hall–Kier alpha value is 0.1000. The van der Waals surface area contributed by atoms with Crippen molar-refractivity contribution >= 4 is 27.3 Å². The van der Waals surface area contributed by atoms with Gasteiger partial charge in [0.25, 0.3) is 0 Å². The zero-order chi connectivity index (χ0) is 14.1. The molecule has 2 saturated carbocycles. The largest absolute Gasteiger partial charge is 0.326 e. The molecule has 2 atom stereocenters. The van der Waals surface area contributed by atoms with E-state index in [4.69, 9.17) is 5.73 Å². The van der Waals surface area contributed by atoms with Crippen molar-refractivity contribution in [3.8, 4) is 0 Å². The van der Waals surface area contributed by atoms with Gasteiger partial charge < -0.3 is 5.73 Å². The lowest BCUT2D eigenvalue weighted by Crippen LogP contribution is -2.42. The number of thiophene rings is 1. The molecule has 2 fully saturated rings. The zero-order valence-electron chi connectivity index (χ0n) is 12.2. The van der Waals surface area contributed by atoms with Crippen molar-refractivity contribution in [2.24, 2.45) is 17.6 Å². The van der Waals surface area contributed by atoms with E-state index in [1.807, 2.05) is 11.3 Å². The van der Waals surface area contributed by atoms with Crippen LogP contribution in [0.25, 0.3) is 0 Å². The van der Waals surface area contributed by atoms with Crippen LogP contribution < -0.4 is 5.73 Å². The maximum atomic E-state index is 6.50. The van der Waals surface area contributed by atoms with E-state index in [1.54, 1.807) is 0 Å². The number of halogens is 1. The van der Waals surface area contributed by atoms with Gasteiger partial charge in [0.1, 0.15) is 0 Å². The summed E-state index contributed by atoms with van der Waals surface area (Å²) in [5, 5.41) is 0. The van der Waals surface area contributed by atoms with Crippen molar-refractivity contribution in [2.45, 2.75) is 51.1 Å². The minimum absolute atomic E-state index is 0.248. The molecule has 20 heavy (non-hydrogen) atoms. The van der Waals surface area contributed by atoms with Crippen LogP contribution in [0.4, 0.5) is 0 Å².